The first-order valence-corrected chi connectivity index (χ1v) is 20.5. The fourth-order valence-corrected chi connectivity index (χ4v) is 8.73. The second kappa shape index (κ2) is 18.0. The van der Waals surface area contributed by atoms with Crippen LogP contribution in [-0.4, -0.2) is 94.9 Å². The smallest absolute Gasteiger partial charge is 0.209 e. The average molecular weight is 752 g/mol. The van der Waals surface area contributed by atoms with Crippen molar-refractivity contribution in [2.24, 2.45) is 0 Å². The van der Waals surface area contributed by atoms with Crippen molar-refractivity contribution in [3.05, 3.63) is 106 Å². The largest absolute Gasteiger partial charge is 0.493 e. The molecule has 5 rings (SSSR count). The predicted octanol–water partition coefficient (Wildman–Crippen LogP) is 9.43. The summed E-state index contributed by atoms with van der Waals surface area (Å²) in [6.07, 6.45) is 14.9. The van der Waals surface area contributed by atoms with Gasteiger partial charge in [-0.3, -0.25) is 0 Å². The van der Waals surface area contributed by atoms with Crippen LogP contribution in [0.4, 0.5) is 11.4 Å². The number of rotatable bonds is 18. The van der Waals surface area contributed by atoms with Crippen molar-refractivity contribution in [3.63, 3.8) is 0 Å². The highest BCUT2D eigenvalue weighted by Gasteiger charge is 2.44. The first-order chi connectivity index (χ1) is 26.1. The molecule has 0 spiro atoms. The number of benzene rings is 2. The van der Waals surface area contributed by atoms with E-state index in [1.807, 2.05) is 0 Å². The lowest BCUT2D eigenvalue weighted by Crippen LogP contribution is -2.41. The molecule has 298 valence electrons. The van der Waals surface area contributed by atoms with Gasteiger partial charge in [-0.05, 0) is 94.9 Å². The third kappa shape index (κ3) is 9.79. The SMILES string of the molecule is COCCN1/C(=C/C=C2\CCCC(/C=C/C3=[N+](CCOC)c4ccc(C)cc4C3(C)C)=C2OCCC[N+](C)(C)CCCC(C)=O)C(C)(C)c2cc(C)ccc21. The molecular weight excluding hydrogens is 683 g/mol. The Balaban J connectivity index is 1.52. The number of quaternary nitrogens is 1. The summed E-state index contributed by atoms with van der Waals surface area (Å²) in [6, 6.07) is 13.7. The summed E-state index contributed by atoms with van der Waals surface area (Å²) in [5, 5.41) is 0. The second-order valence-electron chi connectivity index (χ2n) is 17.6. The summed E-state index contributed by atoms with van der Waals surface area (Å²) in [6.45, 7) is 21.0. The first-order valence-electron chi connectivity index (χ1n) is 20.5. The number of hydrogen-bond acceptors (Lipinski definition) is 5. The molecule has 2 aromatic rings. The standard InChI is InChI=1S/C48H69N3O4/c1-35-18-22-42-40(33-35)47(4,5)44(49(42)26-31-53-10)24-20-38-16-12-17-39(46(38)55-30-14-29-51(8,9)28-13-15-37(3)52)21-25-45-48(6,7)41-34-36(2)19-23-43(41)50(45)27-32-54-11/h18-25,33-34H,12-17,26-32H2,1-11H3/q+2. The summed E-state index contributed by atoms with van der Waals surface area (Å²) in [4.78, 5) is 14.0. The number of hydrogen-bond donors (Lipinski definition) is 0. The van der Waals surface area contributed by atoms with Gasteiger partial charge in [0, 0.05) is 74.5 Å². The monoisotopic (exact) mass is 752 g/mol. The van der Waals surface area contributed by atoms with Crippen LogP contribution in [0.25, 0.3) is 0 Å². The normalized spacial score (nSPS) is 19.3. The van der Waals surface area contributed by atoms with Crippen molar-refractivity contribution < 1.29 is 28.1 Å². The van der Waals surface area contributed by atoms with Gasteiger partial charge in [0.1, 0.15) is 18.1 Å². The number of Topliss-reactive ketones (excluding diaryl/α,β-unsaturated/α-hetero) is 1. The maximum absolute atomic E-state index is 11.6. The van der Waals surface area contributed by atoms with Crippen molar-refractivity contribution in [1.29, 1.82) is 0 Å². The Kier molecular flexibility index (Phi) is 13.9. The summed E-state index contributed by atoms with van der Waals surface area (Å²) in [5.74, 6) is 1.30. The van der Waals surface area contributed by atoms with Crippen molar-refractivity contribution in [1.82, 2.24) is 0 Å². The van der Waals surface area contributed by atoms with Gasteiger partial charge < -0.3 is 28.4 Å². The minimum Gasteiger partial charge on any atom is -0.493 e. The third-order valence-corrected chi connectivity index (χ3v) is 11.9. The van der Waals surface area contributed by atoms with Gasteiger partial charge in [0.15, 0.2) is 12.3 Å². The predicted molar refractivity (Wildman–Crippen MR) is 228 cm³/mol. The van der Waals surface area contributed by atoms with Crippen molar-refractivity contribution >= 4 is 22.9 Å². The number of nitrogens with zero attached hydrogens (tertiary/aromatic N) is 3. The molecule has 0 bridgehead atoms. The second-order valence-corrected chi connectivity index (χ2v) is 17.6. The minimum absolute atomic E-state index is 0.149. The number of allylic oxidation sites excluding steroid dienone is 7. The summed E-state index contributed by atoms with van der Waals surface area (Å²) in [5.41, 5.74) is 12.6. The molecule has 0 unspecified atom stereocenters. The molecule has 2 aromatic carbocycles. The van der Waals surface area contributed by atoms with Gasteiger partial charge in [-0.15, -0.1) is 0 Å². The van der Waals surface area contributed by atoms with Gasteiger partial charge in [0.25, 0.3) is 0 Å². The van der Waals surface area contributed by atoms with Gasteiger partial charge in [-0.1, -0.05) is 49.2 Å². The Hall–Kier alpha value is -3.78. The number of anilines is 1. The van der Waals surface area contributed by atoms with E-state index in [0.29, 0.717) is 26.2 Å². The van der Waals surface area contributed by atoms with Crippen LogP contribution in [0.3, 0.4) is 0 Å². The molecule has 0 amide bonds. The molecule has 2 aliphatic heterocycles. The molecule has 0 saturated carbocycles. The van der Waals surface area contributed by atoms with Crippen LogP contribution in [0.2, 0.25) is 0 Å². The Morgan fingerprint density at radius 1 is 0.855 bits per heavy atom. The topological polar surface area (TPSA) is 51.0 Å². The zero-order valence-electron chi connectivity index (χ0n) is 35.9. The molecular formula is C48H69N3O4+2. The fourth-order valence-electron chi connectivity index (χ4n) is 8.73. The van der Waals surface area contributed by atoms with E-state index in [1.54, 1.807) is 21.1 Å². The minimum atomic E-state index is -0.149. The molecule has 55 heavy (non-hydrogen) atoms. The molecule has 2 heterocycles. The number of fused-ring (bicyclic) bond motifs is 2. The summed E-state index contributed by atoms with van der Waals surface area (Å²) < 4.78 is 21.4. The fraction of sp³-hybridized carbons (Fsp3) is 0.542. The van der Waals surface area contributed by atoms with Crippen molar-refractivity contribution in [2.75, 3.05) is 79.2 Å². The van der Waals surface area contributed by atoms with E-state index in [0.717, 1.165) is 68.5 Å². The number of ether oxygens (including phenoxy) is 3. The van der Waals surface area contributed by atoms with E-state index in [2.05, 4.69) is 126 Å². The van der Waals surface area contributed by atoms with E-state index in [4.69, 9.17) is 14.2 Å². The Morgan fingerprint density at radius 3 is 2.25 bits per heavy atom. The number of aryl methyl sites for hydroxylation is 2. The van der Waals surface area contributed by atoms with Gasteiger partial charge >= 0.3 is 0 Å². The highest BCUT2D eigenvalue weighted by molar-refractivity contribution is 6.03. The van der Waals surface area contributed by atoms with Crippen LogP contribution in [0.1, 0.15) is 95.4 Å². The first kappa shape index (κ1) is 42.4. The molecule has 0 N–H and O–H groups in total. The van der Waals surface area contributed by atoms with E-state index in [-0.39, 0.29) is 16.6 Å². The highest BCUT2D eigenvalue weighted by atomic mass is 16.5. The van der Waals surface area contributed by atoms with Crippen LogP contribution >= 0.6 is 0 Å². The molecule has 0 fully saturated rings. The van der Waals surface area contributed by atoms with Crippen LogP contribution in [0.15, 0.2) is 83.3 Å². The molecule has 7 nitrogen and oxygen atoms in total. The van der Waals surface area contributed by atoms with Crippen LogP contribution in [-0.2, 0) is 29.8 Å². The van der Waals surface area contributed by atoms with Crippen molar-refractivity contribution in [2.45, 2.75) is 97.8 Å². The maximum Gasteiger partial charge on any atom is 0.209 e. The molecule has 0 aromatic heterocycles. The lowest BCUT2D eigenvalue weighted by Gasteiger charge is -2.30. The lowest BCUT2D eigenvalue weighted by molar-refractivity contribution is -0.890. The summed E-state index contributed by atoms with van der Waals surface area (Å²) >= 11 is 0. The van der Waals surface area contributed by atoms with E-state index >= 15 is 0 Å². The molecule has 0 saturated heterocycles. The average Bonchev–Trinajstić information content (AvgIpc) is 3.46. The number of carbonyl (C=O) groups excluding carboxylic acids is 1. The zero-order valence-corrected chi connectivity index (χ0v) is 35.9. The molecule has 0 atom stereocenters. The van der Waals surface area contributed by atoms with Gasteiger partial charge in [0.2, 0.25) is 5.69 Å². The van der Waals surface area contributed by atoms with Gasteiger partial charge in [-0.25, -0.2) is 0 Å². The quantitative estimate of drug-likeness (QED) is 0.0864. The Labute approximate surface area is 332 Å². The Bertz CT molecular complexity index is 1870. The number of carbonyl (C=O) groups is 1. The lowest BCUT2D eigenvalue weighted by atomic mass is 9.80. The maximum atomic E-state index is 11.6. The molecule has 7 heteroatoms. The summed E-state index contributed by atoms with van der Waals surface area (Å²) in [7, 11) is 8.09. The van der Waals surface area contributed by atoms with Crippen LogP contribution in [0.5, 0.6) is 0 Å². The third-order valence-electron chi connectivity index (χ3n) is 11.9. The number of ketones is 1. The van der Waals surface area contributed by atoms with Crippen LogP contribution < -0.4 is 4.90 Å². The van der Waals surface area contributed by atoms with Gasteiger partial charge in [-0.2, -0.15) is 4.58 Å². The van der Waals surface area contributed by atoms with E-state index in [1.165, 1.54) is 56.2 Å². The van der Waals surface area contributed by atoms with E-state index < -0.39 is 0 Å². The number of methoxy groups -OCH3 is 2. The molecule has 3 aliphatic rings. The van der Waals surface area contributed by atoms with Crippen LogP contribution in [0, 0.1) is 13.8 Å². The zero-order chi connectivity index (χ0) is 40.0. The molecule has 0 radical (unpaired) electrons. The van der Waals surface area contributed by atoms with Crippen molar-refractivity contribution in [3.8, 4) is 0 Å². The van der Waals surface area contributed by atoms with Gasteiger partial charge in [0.05, 0.1) is 45.8 Å². The highest BCUT2D eigenvalue weighted by Crippen LogP contribution is 2.48. The molecule has 1 aliphatic carbocycles. The Morgan fingerprint density at radius 2 is 1.55 bits per heavy atom. The van der Waals surface area contributed by atoms with E-state index in [9.17, 15) is 4.79 Å².